The summed E-state index contributed by atoms with van der Waals surface area (Å²) in [6.45, 7) is 5.99. The zero-order valence-corrected chi connectivity index (χ0v) is 14.8. The van der Waals surface area contributed by atoms with Gasteiger partial charge in [0.25, 0.3) is 0 Å². The predicted molar refractivity (Wildman–Crippen MR) is 93.3 cm³/mol. The molecule has 2 aromatic heterocycles. The molecule has 2 amide bonds. The van der Waals surface area contributed by atoms with Crippen LogP contribution in [0.25, 0.3) is 0 Å². The Hall–Kier alpha value is -2.15. The molecule has 1 saturated heterocycles. The second-order valence-electron chi connectivity index (χ2n) is 6.15. The van der Waals surface area contributed by atoms with Crippen molar-refractivity contribution in [1.29, 1.82) is 0 Å². The van der Waals surface area contributed by atoms with Crippen LogP contribution in [0, 0.1) is 0 Å². The van der Waals surface area contributed by atoms with Crippen LogP contribution >= 0.6 is 11.3 Å². The van der Waals surface area contributed by atoms with E-state index in [0.717, 1.165) is 22.9 Å². The third-order valence-electron chi connectivity index (χ3n) is 3.85. The molecule has 2 aromatic rings. The summed E-state index contributed by atoms with van der Waals surface area (Å²) in [6, 6.07) is 3.66. The molecule has 0 aliphatic carbocycles. The van der Waals surface area contributed by atoms with Gasteiger partial charge in [-0.1, -0.05) is 13.8 Å². The maximum Gasteiger partial charge on any atom is 0.317 e. The lowest BCUT2D eigenvalue weighted by molar-refractivity contribution is 0.186. The second-order valence-corrected chi connectivity index (χ2v) is 7.04. The average Bonchev–Trinajstić information content (AvgIpc) is 3.23. The van der Waals surface area contributed by atoms with Crippen molar-refractivity contribution in [2.45, 2.75) is 38.8 Å². The topological polar surface area (TPSA) is 67.4 Å². The number of carbonyl (C=O) groups excluding carboxylic acids is 1. The molecule has 1 fully saturated rings. The molecule has 0 unspecified atom stereocenters. The Morgan fingerprint density at radius 2 is 2.42 bits per heavy atom. The molecule has 1 aliphatic rings. The van der Waals surface area contributed by atoms with Crippen LogP contribution < -0.4 is 10.1 Å². The normalized spacial score (nSPS) is 17.3. The lowest BCUT2D eigenvalue weighted by Crippen LogP contribution is -2.39. The Balaban J connectivity index is 1.46. The minimum absolute atomic E-state index is 0.0202. The first-order valence-corrected chi connectivity index (χ1v) is 9.03. The minimum Gasteiger partial charge on any atom is -0.487 e. The van der Waals surface area contributed by atoms with Crippen LogP contribution in [-0.4, -0.2) is 40.1 Å². The van der Waals surface area contributed by atoms with Crippen molar-refractivity contribution >= 4 is 17.4 Å². The van der Waals surface area contributed by atoms with E-state index in [2.05, 4.69) is 29.1 Å². The Labute approximate surface area is 145 Å². The zero-order valence-electron chi connectivity index (χ0n) is 13.9. The molecule has 0 aromatic carbocycles. The van der Waals surface area contributed by atoms with E-state index in [9.17, 15) is 4.79 Å². The summed E-state index contributed by atoms with van der Waals surface area (Å²) in [5.41, 5.74) is 0.916. The summed E-state index contributed by atoms with van der Waals surface area (Å²) in [7, 11) is 0. The average molecular weight is 346 g/mol. The van der Waals surface area contributed by atoms with Gasteiger partial charge in [-0.15, -0.1) is 11.3 Å². The highest BCUT2D eigenvalue weighted by atomic mass is 32.1. The molecule has 3 heterocycles. The highest BCUT2D eigenvalue weighted by Gasteiger charge is 2.27. The summed E-state index contributed by atoms with van der Waals surface area (Å²) in [5.74, 6) is 1.16. The van der Waals surface area contributed by atoms with Gasteiger partial charge in [-0.05, 0) is 12.1 Å². The van der Waals surface area contributed by atoms with E-state index in [-0.39, 0.29) is 12.1 Å². The zero-order chi connectivity index (χ0) is 16.9. The minimum atomic E-state index is -0.0635. The number of rotatable bonds is 5. The van der Waals surface area contributed by atoms with Crippen LogP contribution in [0.2, 0.25) is 0 Å². The van der Waals surface area contributed by atoms with E-state index in [1.165, 1.54) is 0 Å². The summed E-state index contributed by atoms with van der Waals surface area (Å²) in [6.07, 6.45) is 4.25. The second kappa shape index (κ2) is 7.61. The number of nitrogens with zero attached hydrogens (tertiary/aromatic N) is 3. The van der Waals surface area contributed by atoms with Crippen molar-refractivity contribution in [3.63, 3.8) is 0 Å². The van der Waals surface area contributed by atoms with E-state index in [4.69, 9.17) is 4.74 Å². The number of amides is 2. The molecule has 128 valence electrons. The van der Waals surface area contributed by atoms with Crippen LogP contribution in [0.4, 0.5) is 4.79 Å². The lowest BCUT2D eigenvalue weighted by atomic mass is 10.2. The van der Waals surface area contributed by atoms with Crippen molar-refractivity contribution < 1.29 is 9.53 Å². The molecule has 0 saturated carbocycles. The van der Waals surface area contributed by atoms with Gasteiger partial charge < -0.3 is 15.0 Å². The van der Waals surface area contributed by atoms with Crippen LogP contribution in [0.1, 0.15) is 36.9 Å². The smallest absolute Gasteiger partial charge is 0.317 e. The fraction of sp³-hybridized carbons (Fsp3) is 0.471. The predicted octanol–water partition coefficient (Wildman–Crippen LogP) is 3.02. The molecule has 1 aliphatic heterocycles. The quantitative estimate of drug-likeness (QED) is 0.904. The number of likely N-dealkylation sites (tertiary alicyclic amines) is 1. The van der Waals surface area contributed by atoms with Crippen LogP contribution in [0.3, 0.4) is 0 Å². The van der Waals surface area contributed by atoms with Gasteiger partial charge in [0.05, 0.1) is 30.0 Å². The first-order valence-electron chi connectivity index (χ1n) is 8.15. The number of carbonyl (C=O) groups is 1. The third kappa shape index (κ3) is 4.23. The standard InChI is InChI=1S/C17H22N4O2S/c1-12(2)16-20-13(11-24-16)8-19-17(22)21-7-5-15(10-21)23-14-4-3-6-18-9-14/h3-4,6,9,11-12,15H,5,7-8,10H2,1-2H3,(H,19,22)/t15-/m0/s1. The third-order valence-corrected chi connectivity index (χ3v) is 5.05. The Morgan fingerprint density at radius 1 is 1.54 bits per heavy atom. The lowest BCUT2D eigenvalue weighted by Gasteiger charge is -2.17. The van der Waals surface area contributed by atoms with Crippen molar-refractivity contribution in [2.24, 2.45) is 0 Å². The van der Waals surface area contributed by atoms with Gasteiger partial charge in [-0.3, -0.25) is 4.98 Å². The molecule has 1 N–H and O–H groups in total. The first-order chi connectivity index (χ1) is 11.6. The van der Waals surface area contributed by atoms with Crippen LogP contribution in [-0.2, 0) is 6.54 Å². The summed E-state index contributed by atoms with van der Waals surface area (Å²) < 4.78 is 5.85. The van der Waals surface area contributed by atoms with E-state index >= 15 is 0 Å². The van der Waals surface area contributed by atoms with Crippen molar-refractivity contribution in [1.82, 2.24) is 20.2 Å². The highest BCUT2D eigenvalue weighted by Crippen LogP contribution is 2.20. The number of hydrogen-bond acceptors (Lipinski definition) is 5. The van der Waals surface area contributed by atoms with Crippen molar-refractivity contribution in [2.75, 3.05) is 13.1 Å². The maximum atomic E-state index is 12.3. The van der Waals surface area contributed by atoms with Gasteiger partial charge in [0.15, 0.2) is 0 Å². The van der Waals surface area contributed by atoms with E-state index in [1.54, 1.807) is 28.6 Å². The number of pyridine rings is 1. The number of urea groups is 1. The molecule has 1 atom stereocenters. The number of thiazole rings is 1. The van der Waals surface area contributed by atoms with Gasteiger partial charge in [0.1, 0.15) is 11.9 Å². The van der Waals surface area contributed by atoms with Crippen molar-refractivity contribution in [3.8, 4) is 5.75 Å². The van der Waals surface area contributed by atoms with E-state index in [1.807, 2.05) is 17.5 Å². The first kappa shape index (κ1) is 16.7. The van der Waals surface area contributed by atoms with E-state index in [0.29, 0.717) is 25.6 Å². The largest absolute Gasteiger partial charge is 0.487 e. The maximum absolute atomic E-state index is 12.3. The highest BCUT2D eigenvalue weighted by molar-refractivity contribution is 7.09. The summed E-state index contributed by atoms with van der Waals surface area (Å²) in [5, 5.41) is 6.05. The Bertz CT molecular complexity index is 674. The molecule has 0 radical (unpaired) electrons. The molecular formula is C17H22N4O2S. The summed E-state index contributed by atoms with van der Waals surface area (Å²) in [4.78, 5) is 22.6. The van der Waals surface area contributed by atoms with Gasteiger partial charge in [0, 0.05) is 30.5 Å². The van der Waals surface area contributed by atoms with Gasteiger partial charge in [-0.2, -0.15) is 0 Å². The van der Waals surface area contributed by atoms with Gasteiger partial charge in [0.2, 0.25) is 0 Å². The molecule has 6 nitrogen and oxygen atoms in total. The van der Waals surface area contributed by atoms with Gasteiger partial charge in [-0.25, -0.2) is 9.78 Å². The Kier molecular flexibility index (Phi) is 5.30. The fourth-order valence-electron chi connectivity index (χ4n) is 2.57. The summed E-state index contributed by atoms with van der Waals surface area (Å²) >= 11 is 1.64. The van der Waals surface area contributed by atoms with Crippen molar-refractivity contribution in [3.05, 3.63) is 40.6 Å². The molecule has 0 bridgehead atoms. The molecule has 0 spiro atoms. The fourth-order valence-corrected chi connectivity index (χ4v) is 3.40. The monoisotopic (exact) mass is 346 g/mol. The number of ether oxygens (including phenoxy) is 1. The molecule has 3 rings (SSSR count). The van der Waals surface area contributed by atoms with Crippen LogP contribution in [0.15, 0.2) is 29.9 Å². The number of aromatic nitrogens is 2. The van der Waals surface area contributed by atoms with Gasteiger partial charge >= 0.3 is 6.03 Å². The molecular weight excluding hydrogens is 324 g/mol. The Morgan fingerprint density at radius 3 is 3.12 bits per heavy atom. The molecule has 24 heavy (non-hydrogen) atoms. The number of hydrogen-bond donors (Lipinski definition) is 1. The molecule has 7 heteroatoms. The SMILES string of the molecule is CC(C)c1nc(CNC(=O)N2CC[C@H](Oc3cccnc3)C2)cs1. The van der Waals surface area contributed by atoms with Crippen LogP contribution in [0.5, 0.6) is 5.75 Å². The van der Waals surface area contributed by atoms with E-state index < -0.39 is 0 Å². The number of nitrogens with one attached hydrogen (secondary N) is 1.